The summed E-state index contributed by atoms with van der Waals surface area (Å²) in [6, 6.07) is 14.1. The normalized spacial score (nSPS) is 25.4. The highest BCUT2D eigenvalue weighted by atomic mass is 16.6. The van der Waals surface area contributed by atoms with Crippen molar-refractivity contribution >= 4 is 5.91 Å². The molecular formula is C23H26N2O4. The van der Waals surface area contributed by atoms with Gasteiger partial charge in [-0.1, -0.05) is 24.3 Å². The van der Waals surface area contributed by atoms with E-state index in [1.807, 2.05) is 35.2 Å². The number of piperazine rings is 1. The van der Waals surface area contributed by atoms with Crippen LogP contribution < -0.4 is 19.5 Å². The van der Waals surface area contributed by atoms with Gasteiger partial charge in [0, 0.05) is 31.1 Å². The Morgan fingerprint density at radius 1 is 1.14 bits per heavy atom. The Bertz CT molecular complexity index is 916. The largest absolute Gasteiger partial charge is 0.496 e. The van der Waals surface area contributed by atoms with E-state index in [0.29, 0.717) is 19.8 Å². The van der Waals surface area contributed by atoms with Crippen molar-refractivity contribution in [3.05, 3.63) is 53.6 Å². The lowest BCUT2D eigenvalue weighted by molar-refractivity contribution is -0.136. The summed E-state index contributed by atoms with van der Waals surface area (Å²) in [5.41, 5.74) is 2.23. The van der Waals surface area contributed by atoms with Gasteiger partial charge in [-0.25, -0.2) is 0 Å². The van der Waals surface area contributed by atoms with Crippen LogP contribution in [0.15, 0.2) is 42.5 Å². The molecule has 0 radical (unpaired) electrons. The second kappa shape index (κ2) is 7.59. The first-order valence-corrected chi connectivity index (χ1v) is 10.3. The lowest BCUT2D eigenvalue weighted by atomic mass is 10.0. The lowest BCUT2D eigenvalue weighted by Crippen LogP contribution is -2.49. The van der Waals surface area contributed by atoms with Gasteiger partial charge in [-0.15, -0.1) is 0 Å². The maximum atomic E-state index is 13.4. The number of fused-ring (bicyclic) bond motifs is 1. The molecule has 6 nitrogen and oxygen atoms in total. The van der Waals surface area contributed by atoms with Crippen LogP contribution in [0.25, 0.3) is 0 Å². The SMILES string of the molecule is COc1ccccc1C1CNCCN1C(=O)C1CC1c1ccc2c(c1)OCCO2. The molecule has 2 aromatic carbocycles. The molecule has 2 fully saturated rings. The fourth-order valence-corrected chi connectivity index (χ4v) is 4.53. The molecule has 2 heterocycles. The second-order valence-electron chi connectivity index (χ2n) is 7.85. The Balaban J connectivity index is 1.35. The van der Waals surface area contributed by atoms with Crippen LogP contribution in [0.2, 0.25) is 0 Å². The zero-order valence-corrected chi connectivity index (χ0v) is 16.6. The Morgan fingerprint density at radius 3 is 2.83 bits per heavy atom. The first-order valence-electron chi connectivity index (χ1n) is 10.3. The number of amides is 1. The van der Waals surface area contributed by atoms with Gasteiger partial charge in [0.2, 0.25) is 5.91 Å². The van der Waals surface area contributed by atoms with Crippen molar-refractivity contribution in [1.82, 2.24) is 10.2 Å². The smallest absolute Gasteiger partial charge is 0.226 e. The van der Waals surface area contributed by atoms with Gasteiger partial charge in [0.1, 0.15) is 19.0 Å². The summed E-state index contributed by atoms with van der Waals surface area (Å²) in [5.74, 6) is 2.95. The quantitative estimate of drug-likeness (QED) is 0.864. The topological polar surface area (TPSA) is 60.0 Å². The van der Waals surface area contributed by atoms with E-state index >= 15 is 0 Å². The van der Waals surface area contributed by atoms with Crippen molar-refractivity contribution in [3.63, 3.8) is 0 Å². The fraction of sp³-hybridized carbons (Fsp3) is 0.435. The molecule has 0 spiro atoms. The maximum absolute atomic E-state index is 13.4. The van der Waals surface area contributed by atoms with Crippen LogP contribution in [0, 0.1) is 5.92 Å². The van der Waals surface area contributed by atoms with Crippen LogP contribution in [0.5, 0.6) is 17.2 Å². The van der Waals surface area contributed by atoms with Gasteiger partial charge in [-0.3, -0.25) is 4.79 Å². The first-order chi connectivity index (χ1) is 14.3. The summed E-state index contributed by atoms with van der Waals surface area (Å²) < 4.78 is 16.9. The monoisotopic (exact) mass is 394 g/mol. The van der Waals surface area contributed by atoms with E-state index in [1.54, 1.807) is 7.11 Å². The molecule has 2 aromatic rings. The molecule has 6 heteroatoms. The summed E-state index contributed by atoms with van der Waals surface area (Å²) in [6.45, 7) is 3.44. The van der Waals surface area contributed by atoms with Crippen molar-refractivity contribution in [1.29, 1.82) is 0 Å². The van der Waals surface area contributed by atoms with Crippen molar-refractivity contribution in [2.45, 2.75) is 18.4 Å². The molecule has 1 saturated carbocycles. The number of para-hydroxylation sites is 1. The van der Waals surface area contributed by atoms with Crippen molar-refractivity contribution < 1.29 is 19.0 Å². The number of nitrogens with one attached hydrogen (secondary N) is 1. The molecule has 29 heavy (non-hydrogen) atoms. The third-order valence-corrected chi connectivity index (χ3v) is 6.13. The fourth-order valence-electron chi connectivity index (χ4n) is 4.53. The number of methoxy groups -OCH3 is 1. The molecule has 3 unspecified atom stereocenters. The molecule has 1 amide bonds. The average molecular weight is 394 g/mol. The number of carbonyl (C=O) groups is 1. The molecule has 152 valence electrons. The third kappa shape index (κ3) is 3.42. The number of nitrogens with zero attached hydrogens (tertiary/aromatic N) is 1. The highest BCUT2D eigenvalue weighted by molar-refractivity contribution is 5.84. The molecule has 0 bridgehead atoms. The molecule has 1 saturated heterocycles. The molecule has 3 atom stereocenters. The van der Waals surface area contributed by atoms with Crippen LogP contribution in [0.3, 0.4) is 0 Å². The zero-order valence-electron chi connectivity index (χ0n) is 16.6. The van der Waals surface area contributed by atoms with Gasteiger partial charge in [-0.05, 0) is 36.1 Å². The zero-order chi connectivity index (χ0) is 19.8. The number of hydrogen-bond acceptors (Lipinski definition) is 5. The van der Waals surface area contributed by atoms with Gasteiger partial charge >= 0.3 is 0 Å². The van der Waals surface area contributed by atoms with Crippen molar-refractivity contribution in [2.75, 3.05) is 40.0 Å². The third-order valence-electron chi connectivity index (χ3n) is 6.13. The lowest BCUT2D eigenvalue weighted by Gasteiger charge is -2.37. The van der Waals surface area contributed by atoms with Gasteiger partial charge < -0.3 is 24.4 Å². The average Bonchev–Trinajstić information content (AvgIpc) is 3.59. The highest BCUT2D eigenvalue weighted by Gasteiger charge is 2.47. The highest BCUT2D eigenvalue weighted by Crippen LogP contribution is 2.51. The van der Waals surface area contributed by atoms with Crippen LogP contribution in [-0.4, -0.2) is 50.8 Å². The molecular weight excluding hydrogens is 368 g/mol. The maximum Gasteiger partial charge on any atom is 0.226 e. The summed E-state index contributed by atoms with van der Waals surface area (Å²) in [7, 11) is 1.68. The number of carbonyl (C=O) groups excluding carboxylic acids is 1. The predicted octanol–water partition coefficient (Wildman–Crippen LogP) is 2.74. The molecule has 0 aromatic heterocycles. The minimum atomic E-state index is -0.00563. The summed E-state index contributed by atoms with van der Waals surface area (Å²) in [6.07, 6.45) is 0.890. The molecule has 5 rings (SSSR count). The van der Waals surface area contributed by atoms with Gasteiger partial charge in [0.15, 0.2) is 11.5 Å². The summed E-state index contributed by atoms with van der Waals surface area (Å²) >= 11 is 0. The molecule has 1 aliphatic carbocycles. The van der Waals surface area contributed by atoms with E-state index in [-0.39, 0.29) is 23.8 Å². The summed E-state index contributed by atoms with van der Waals surface area (Å²) in [5, 5.41) is 3.43. The van der Waals surface area contributed by atoms with Gasteiger partial charge in [-0.2, -0.15) is 0 Å². The van der Waals surface area contributed by atoms with Crippen LogP contribution >= 0.6 is 0 Å². The van der Waals surface area contributed by atoms with Crippen molar-refractivity contribution in [3.8, 4) is 17.2 Å². The van der Waals surface area contributed by atoms with E-state index in [4.69, 9.17) is 14.2 Å². The van der Waals surface area contributed by atoms with E-state index in [2.05, 4.69) is 17.4 Å². The second-order valence-corrected chi connectivity index (χ2v) is 7.85. The Hall–Kier alpha value is -2.73. The Labute approximate surface area is 170 Å². The number of benzene rings is 2. The van der Waals surface area contributed by atoms with Crippen LogP contribution in [-0.2, 0) is 4.79 Å². The van der Waals surface area contributed by atoms with E-state index in [0.717, 1.165) is 47.9 Å². The van der Waals surface area contributed by atoms with Gasteiger partial charge in [0.25, 0.3) is 0 Å². The summed E-state index contributed by atoms with van der Waals surface area (Å²) in [4.78, 5) is 15.5. The Kier molecular flexibility index (Phi) is 4.79. The number of ether oxygens (including phenoxy) is 3. The Morgan fingerprint density at radius 2 is 1.97 bits per heavy atom. The standard InChI is InChI=1S/C23H26N2O4/c1-27-20-5-3-2-4-16(20)19-14-24-8-9-25(19)23(26)18-13-17(18)15-6-7-21-22(12-15)29-11-10-28-21/h2-7,12,17-19,24H,8-11,13-14H2,1H3. The van der Waals surface area contributed by atoms with Crippen LogP contribution in [0.4, 0.5) is 0 Å². The number of hydrogen-bond donors (Lipinski definition) is 1. The van der Waals surface area contributed by atoms with E-state index in [9.17, 15) is 4.79 Å². The minimum Gasteiger partial charge on any atom is -0.496 e. The van der Waals surface area contributed by atoms with Crippen molar-refractivity contribution in [2.24, 2.45) is 5.92 Å². The first kappa shape index (κ1) is 18.3. The number of rotatable bonds is 4. The molecule has 1 N–H and O–H groups in total. The van der Waals surface area contributed by atoms with E-state index in [1.165, 1.54) is 0 Å². The minimum absolute atomic E-state index is 0.00563. The predicted molar refractivity (Wildman–Crippen MR) is 109 cm³/mol. The van der Waals surface area contributed by atoms with E-state index < -0.39 is 0 Å². The molecule has 3 aliphatic rings. The molecule has 2 aliphatic heterocycles. The van der Waals surface area contributed by atoms with Gasteiger partial charge in [0.05, 0.1) is 13.2 Å². The van der Waals surface area contributed by atoms with Crippen LogP contribution in [0.1, 0.15) is 29.5 Å².